The molecule has 0 bridgehead atoms. The van der Waals surface area contributed by atoms with Crippen LogP contribution in [0.2, 0.25) is 0 Å². The van der Waals surface area contributed by atoms with Crippen molar-refractivity contribution < 1.29 is 5.11 Å². The van der Waals surface area contributed by atoms with Crippen LogP contribution in [-0.2, 0) is 6.54 Å². The molecule has 2 rings (SSSR count). The molecule has 0 spiro atoms. The smallest absolute Gasteiger partial charge is 0.148 e. The summed E-state index contributed by atoms with van der Waals surface area (Å²) in [5.74, 6) is 5.40. The Morgan fingerprint density at radius 1 is 1.53 bits per heavy atom. The first-order chi connectivity index (χ1) is 8.11. The zero-order valence-corrected chi connectivity index (χ0v) is 10.8. The third-order valence-corrected chi connectivity index (χ3v) is 3.92. The van der Waals surface area contributed by atoms with Gasteiger partial charge in [-0.05, 0) is 32.7 Å². The van der Waals surface area contributed by atoms with E-state index in [9.17, 15) is 5.11 Å². The topological polar surface area (TPSA) is 87.3 Å². The van der Waals surface area contributed by atoms with Gasteiger partial charge in [0.25, 0.3) is 0 Å². The van der Waals surface area contributed by atoms with Gasteiger partial charge in [0, 0.05) is 24.6 Å². The summed E-state index contributed by atoms with van der Waals surface area (Å²) in [5.41, 5.74) is 2.98. The molecule has 1 aliphatic heterocycles. The van der Waals surface area contributed by atoms with E-state index in [-0.39, 0.29) is 0 Å². The van der Waals surface area contributed by atoms with Crippen LogP contribution in [0.25, 0.3) is 0 Å². The van der Waals surface area contributed by atoms with E-state index in [1.54, 1.807) is 0 Å². The number of hydrazine groups is 1. The highest BCUT2D eigenvalue weighted by atomic mass is 32.1. The second kappa shape index (κ2) is 5.26. The molecule has 7 heteroatoms. The van der Waals surface area contributed by atoms with Gasteiger partial charge in [0.1, 0.15) is 10.7 Å². The predicted octanol–water partition coefficient (Wildman–Crippen LogP) is 0.561. The first-order valence-electron chi connectivity index (χ1n) is 5.83. The molecule has 0 saturated carbocycles. The summed E-state index contributed by atoms with van der Waals surface area (Å²) < 4.78 is 3.88. The average molecular weight is 257 g/mol. The average Bonchev–Trinajstić information content (AvgIpc) is 2.65. The highest BCUT2D eigenvalue weighted by Gasteiger charge is 2.25. The number of likely N-dealkylation sites (tertiary alicyclic amines) is 1. The fourth-order valence-corrected chi connectivity index (χ4v) is 2.60. The van der Waals surface area contributed by atoms with Gasteiger partial charge >= 0.3 is 0 Å². The van der Waals surface area contributed by atoms with Crippen LogP contribution in [0.1, 0.15) is 31.9 Å². The van der Waals surface area contributed by atoms with Crippen molar-refractivity contribution in [1.29, 1.82) is 0 Å². The third kappa shape index (κ3) is 3.35. The van der Waals surface area contributed by atoms with Crippen molar-refractivity contribution in [3.63, 3.8) is 0 Å². The maximum Gasteiger partial charge on any atom is 0.148 e. The molecule has 1 aliphatic rings. The number of hydrogen-bond donors (Lipinski definition) is 3. The summed E-state index contributed by atoms with van der Waals surface area (Å²) in [6.07, 6.45) is 2.67. The summed E-state index contributed by atoms with van der Waals surface area (Å²) in [6.45, 7) is 4.52. The third-order valence-electron chi connectivity index (χ3n) is 3.22. The number of aromatic nitrogens is 2. The molecule has 1 aromatic rings. The molecule has 0 aliphatic carbocycles. The number of nitrogen functional groups attached to an aromatic ring is 1. The van der Waals surface area contributed by atoms with Crippen molar-refractivity contribution in [2.45, 2.75) is 38.3 Å². The fourth-order valence-electron chi connectivity index (χ4n) is 2.11. The number of aliphatic hydroxyl groups is 1. The summed E-state index contributed by atoms with van der Waals surface area (Å²) in [6, 6.07) is 0. The number of rotatable bonds is 3. The van der Waals surface area contributed by atoms with Crippen LogP contribution >= 0.6 is 11.5 Å². The number of nitrogens with one attached hydrogen (secondary N) is 1. The van der Waals surface area contributed by atoms with Crippen LogP contribution in [0.3, 0.4) is 0 Å². The lowest BCUT2D eigenvalue weighted by Gasteiger charge is -2.21. The predicted molar refractivity (Wildman–Crippen MR) is 67.5 cm³/mol. The molecule has 2 heterocycles. The van der Waals surface area contributed by atoms with E-state index in [0.717, 1.165) is 49.6 Å². The van der Waals surface area contributed by atoms with E-state index in [4.69, 9.17) is 5.84 Å². The van der Waals surface area contributed by atoms with E-state index in [0.29, 0.717) is 0 Å². The minimum atomic E-state index is -0.524. The van der Waals surface area contributed by atoms with Crippen LogP contribution < -0.4 is 11.3 Å². The molecule has 0 radical (unpaired) electrons. The number of nitrogens with zero attached hydrogens (tertiary/aromatic N) is 3. The maximum absolute atomic E-state index is 10.0. The van der Waals surface area contributed by atoms with Crippen LogP contribution in [-0.4, -0.2) is 38.3 Å². The minimum Gasteiger partial charge on any atom is -0.390 e. The van der Waals surface area contributed by atoms with Crippen molar-refractivity contribution in [1.82, 2.24) is 14.5 Å². The van der Waals surface area contributed by atoms with Crippen molar-refractivity contribution >= 4 is 16.5 Å². The van der Waals surface area contributed by atoms with Gasteiger partial charge in [-0.2, -0.15) is 0 Å². The summed E-state index contributed by atoms with van der Waals surface area (Å²) in [4.78, 5) is 2.29. The van der Waals surface area contributed by atoms with Crippen LogP contribution in [0.4, 0.5) is 5.00 Å². The Morgan fingerprint density at radius 2 is 2.35 bits per heavy atom. The van der Waals surface area contributed by atoms with Crippen LogP contribution in [0.15, 0.2) is 0 Å². The highest BCUT2D eigenvalue weighted by Crippen LogP contribution is 2.24. The Balaban J connectivity index is 1.95. The normalized spacial score (nSPS) is 26.8. The first-order valence-corrected chi connectivity index (χ1v) is 6.61. The zero-order chi connectivity index (χ0) is 12.3. The maximum atomic E-state index is 10.0. The van der Waals surface area contributed by atoms with Crippen LogP contribution in [0.5, 0.6) is 0 Å². The largest absolute Gasteiger partial charge is 0.390 e. The van der Waals surface area contributed by atoms with E-state index in [1.807, 2.05) is 6.92 Å². The van der Waals surface area contributed by atoms with E-state index in [2.05, 4.69) is 19.9 Å². The summed E-state index contributed by atoms with van der Waals surface area (Å²) in [7, 11) is 0. The molecule has 1 atom stereocenters. The van der Waals surface area contributed by atoms with E-state index >= 15 is 0 Å². The molecule has 0 aromatic carbocycles. The SMILES string of the molecule is CC1(O)CCCN(Cc2nnsc2NN)CC1. The van der Waals surface area contributed by atoms with Gasteiger partial charge in [-0.25, -0.2) is 5.84 Å². The molecular formula is C10H19N5OS. The lowest BCUT2D eigenvalue weighted by atomic mass is 9.98. The molecule has 1 unspecified atom stereocenters. The lowest BCUT2D eigenvalue weighted by Crippen LogP contribution is -2.28. The zero-order valence-electron chi connectivity index (χ0n) is 10.0. The standard InChI is InChI=1S/C10H19N5OS/c1-10(16)3-2-5-15(6-4-10)7-8-9(12-11)17-14-13-8/h12,16H,2-7,11H2,1H3. The fraction of sp³-hybridized carbons (Fsp3) is 0.800. The second-order valence-corrected chi connectivity index (χ2v) is 5.57. The number of nitrogens with two attached hydrogens (primary N) is 1. The Morgan fingerprint density at radius 3 is 3.12 bits per heavy atom. The summed E-state index contributed by atoms with van der Waals surface area (Å²) in [5, 5.41) is 14.9. The molecule has 17 heavy (non-hydrogen) atoms. The van der Waals surface area contributed by atoms with Gasteiger partial charge in [-0.3, -0.25) is 4.90 Å². The Labute approximate surface area is 105 Å². The van der Waals surface area contributed by atoms with Crippen molar-refractivity contribution in [2.75, 3.05) is 18.5 Å². The molecule has 1 fully saturated rings. The number of hydrogen-bond acceptors (Lipinski definition) is 7. The molecule has 96 valence electrons. The van der Waals surface area contributed by atoms with Crippen molar-refractivity contribution in [2.24, 2.45) is 5.84 Å². The molecular weight excluding hydrogens is 238 g/mol. The van der Waals surface area contributed by atoms with Crippen molar-refractivity contribution in [3.8, 4) is 0 Å². The van der Waals surface area contributed by atoms with E-state index < -0.39 is 5.60 Å². The van der Waals surface area contributed by atoms with Gasteiger partial charge in [0.05, 0.1) is 5.60 Å². The van der Waals surface area contributed by atoms with Gasteiger partial charge in [0.2, 0.25) is 0 Å². The highest BCUT2D eigenvalue weighted by molar-refractivity contribution is 7.10. The monoisotopic (exact) mass is 257 g/mol. The van der Waals surface area contributed by atoms with Gasteiger partial charge in [-0.1, -0.05) is 4.49 Å². The van der Waals surface area contributed by atoms with Gasteiger partial charge in [-0.15, -0.1) is 5.10 Å². The molecule has 1 aromatic heterocycles. The van der Waals surface area contributed by atoms with E-state index in [1.165, 1.54) is 11.5 Å². The molecule has 1 saturated heterocycles. The van der Waals surface area contributed by atoms with Crippen LogP contribution in [0, 0.1) is 0 Å². The number of anilines is 1. The minimum absolute atomic E-state index is 0.524. The first kappa shape index (κ1) is 12.7. The summed E-state index contributed by atoms with van der Waals surface area (Å²) >= 11 is 1.27. The molecule has 4 N–H and O–H groups in total. The quantitative estimate of drug-likeness (QED) is 0.542. The Hall–Kier alpha value is -0.760. The lowest BCUT2D eigenvalue weighted by molar-refractivity contribution is 0.0444. The second-order valence-electron chi connectivity index (χ2n) is 4.82. The van der Waals surface area contributed by atoms with Gasteiger partial charge < -0.3 is 10.5 Å². The van der Waals surface area contributed by atoms with Gasteiger partial charge in [0.15, 0.2) is 0 Å². The van der Waals surface area contributed by atoms with Crippen molar-refractivity contribution in [3.05, 3.63) is 5.69 Å². The Kier molecular flexibility index (Phi) is 3.93. The molecule has 0 amide bonds. The Bertz CT molecular complexity index is 367. The molecule has 6 nitrogen and oxygen atoms in total.